The number of hydrogen-bond acceptors (Lipinski definition) is 14. The minimum Gasteiger partial charge on any atom is -0.497 e. The Bertz CT molecular complexity index is 1810. The Labute approximate surface area is 368 Å². The molecule has 0 aliphatic carbocycles. The van der Waals surface area contributed by atoms with E-state index in [9.17, 15) is 15.1 Å². The number of hydrogen-bond donors (Lipinski definition) is 0. The number of esters is 2. The number of unbranched alkanes of at least 4 members (excludes halogenated alkanes) is 3. The number of azide groups is 1. The molecule has 2 saturated heterocycles. The van der Waals surface area contributed by atoms with E-state index < -0.39 is 72.4 Å². The predicted molar refractivity (Wildman–Crippen MR) is 232 cm³/mol. The minimum atomic E-state index is -1.41. The van der Waals surface area contributed by atoms with Gasteiger partial charge in [-0.3, -0.25) is 0 Å². The van der Waals surface area contributed by atoms with Crippen LogP contribution < -0.4 is 4.74 Å². The van der Waals surface area contributed by atoms with Gasteiger partial charge in [0.25, 0.3) is 0 Å². The van der Waals surface area contributed by atoms with Crippen LogP contribution in [0.5, 0.6) is 5.75 Å². The number of thioether (sulfide) groups is 1. The maximum atomic E-state index is 13.9. The van der Waals surface area contributed by atoms with Gasteiger partial charge in [-0.2, -0.15) is 0 Å². The molecule has 3 aromatic carbocycles. The van der Waals surface area contributed by atoms with Gasteiger partial charge in [0.2, 0.25) is 0 Å². The summed E-state index contributed by atoms with van der Waals surface area (Å²) in [5.74, 6) is -0.668. The summed E-state index contributed by atoms with van der Waals surface area (Å²) in [5.41, 5.74) is 10.3. The van der Waals surface area contributed by atoms with Crippen LogP contribution in [0.3, 0.4) is 0 Å². The molecular formula is C46H61N3O12S. The van der Waals surface area contributed by atoms with Crippen molar-refractivity contribution in [2.75, 3.05) is 40.6 Å². The number of rotatable bonds is 25. The van der Waals surface area contributed by atoms with Gasteiger partial charge >= 0.3 is 11.9 Å². The molecule has 0 N–H and O–H groups in total. The van der Waals surface area contributed by atoms with Crippen LogP contribution in [0.4, 0.5) is 0 Å². The summed E-state index contributed by atoms with van der Waals surface area (Å²) in [6, 6.07) is 24.4. The van der Waals surface area contributed by atoms with Crippen LogP contribution in [0.1, 0.15) is 75.2 Å². The lowest BCUT2D eigenvalue weighted by Crippen LogP contribution is -2.66. The first kappa shape index (κ1) is 48.8. The molecule has 2 fully saturated rings. The molecule has 5 unspecified atom stereocenters. The number of methoxy groups -OCH3 is 2. The van der Waals surface area contributed by atoms with Crippen molar-refractivity contribution < 1.29 is 57.0 Å². The summed E-state index contributed by atoms with van der Waals surface area (Å²) >= 11 is 1.27. The minimum absolute atomic E-state index is 0.0922. The van der Waals surface area contributed by atoms with E-state index >= 15 is 0 Å². The molecule has 10 atom stereocenters. The molecule has 2 aliphatic heterocycles. The van der Waals surface area contributed by atoms with Gasteiger partial charge in [-0.1, -0.05) is 105 Å². The van der Waals surface area contributed by atoms with Gasteiger partial charge in [-0.05, 0) is 66.8 Å². The maximum absolute atomic E-state index is 13.9. The molecule has 3 aromatic rings. The second-order valence-corrected chi connectivity index (χ2v) is 16.1. The summed E-state index contributed by atoms with van der Waals surface area (Å²) in [4.78, 5) is 31.8. The molecule has 15 nitrogen and oxygen atoms in total. The van der Waals surface area contributed by atoms with E-state index in [1.807, 2.05) is 68.4 Å². The molecule has 0 bridgehead atoms. The van der Waals surface area contributed by atoms with Gasteiger partial charge in [0.05, 0.1) is 39.1 Å². The van der Waals surface area contributed by atoms with E-state index in [0.29, 0.717) is 30.9 Å². The summed E-state index contributed by atoms with van der Waals surface area (Å²) in [5, 5.41) is 4.21. The summed E-state index contributed by atoms with van der Waals surface area (Å²) in [7, 11) is 2.86. The van der Waals surface area contributed by atoms with Crippen molar-refractivity contribution in [1.29, 1.82) is 0 Å². The zero-order valence-electron chi connectivity index (χ0n) is 36.3. The third-order valence-electron chi connectivity index (χ3n) is 10.4. The molecule has 0 spiro atoms. The maximum Gasteiger partial charge on any atom is 0.338 e. The molecule has 2 aliphatic rings. The molecule has 16 heteroatoms. The predicted octanol–water partition coefficient (Wildman–Crippen LogP) is 8.47. The van der Waals surface area contributed by atoms with Crippen LogP contribution >= 0.6 is 11.8 Å². The zero-order chi connectivity index (χ0) is 44.1. The molecule has 2 heterocycles. The van der Waals surface area contributed by atoms with E-state index in [1.54, 1.807) is 37.4 Å². The normalized spacial score (nSPS) is 26.0. The van der Waals surface area contributed by atoms with Crippen LogP contribution in [-0.2, 0) is 54.0 Å². The topological polar surface area (TPSA) is 175 Å². The molecule has 0 amide bonds. The van der Waals surface area contributed by atoms with Crippen molar-refractivity contribution in [3.05, 3.63) is 106 Å². The van der Waals surface area contributed by atoms with Crippen LogP contribution in [0, 0.1) is 0 Å². The van der Waals surface area contributed by atoms with E-state index in [-0.39, 0.29) is 19.8 Å². The summed E-state index contributed by atoms with van der Waals surface area (Å²) < 4.78 is 63.1. The molecule has 0 saturated carbocycles. The molecule has 338 valence electrons. The van der Waals surface area contributed by atoms with Gasteiger partial charge in [0.1, 0.15) is 41.6 Å². The fraction of sp³-hybridized carbons (Fsp3) is 0.565. The smallest absolute Gasteiger partial charge is 0.338 e. The summed E-state index contributed by atoms with van der Waals surface area (Å²) in [6.07, 6.45) is -3.99. The SMILES string of the molecule is CCCCOCC1O[C@H](O[C@H]2C(OCCCC)C(OC(=O)c3ccccc3)[C@@H](Sc3ccccc3)O[C@H]2C(=O)OC)C(N=[N+]=[N-])C(OCCCC)[C@@H]1OCc1ccc(OC)cc1. The molecular weight excluding hydrogens is 819 g/mol. The Morgan fingerprint density at radius 2 is 1.39 bits per heavy atom. The average Bonchev–Trinajstić information content (AvgIpc) is 3.30. The van der Waals surface area contributed by atoms with Crippen molar-refractivity contribution in [3.8, 4) is 5.75 Å². The van der Waals surface area contributed by atoms with E-state index in [0.717, 1.165) is 42.6 Å². The number of carbonyl (C=O) groups excluding carboxylic acids is 2. The molecule has 5 rings (SSSR count). The second kappa shape index (κ2) is 26.4. The van der Waals surface area contributed by atoms with E-state index in [2.05, 4.69) is 16.9 Å². The van der Waals surface area contributed by atoms with Crippen LogP contribution in [0.2, 0.25) is 0 Å². The van der Waals surface area contributed by atoms with E-state index in [1.165, 1.54) is 18.9 Å². The van der Waals surface area contributed by atoms with E-state index in [4.69, 9.17) is 47.4 Å². The van der Waals surface area contributed by atoms with Crippen LogP contribution in [0.15, 0.2) is 94.9 Å². The van der Waals surface area contributed by atoms with Crippen molar-refractivity contribution in [3.63, 3.8) is 0 Å². The first-order valence-corrected chi connectivity index (χ1v) is 22.3. The fourth-order valence-electron chi connectivity index (χ4n) is 7.03. The highest BCUT2D eigenvalue weighted by Gasteiger charge is 2.56. The fourth-order valence-corrected chi connectivity index (χ4v) is 8.13. The van der Waals surface area contributed by atoms with Crippen LogP contribution in [0.25, 0.3) is 10.4 Å². The first-order valence-electron chi connectivity index (χ1n) is 21.5. The Morgan fingerprint density at radius 3 is 2.02 bits per heavy atom. The van der Waals surface area contributed by atoms with Gasteiger partial charge in [0, 0.05) is 29.6 Å². The lowest BCUT2D eigenvalue weighted by molar-refractivity contribution is -0.323. The van der Waals surface area contributed by atoms with Crippen molar-refractivity contribution >= 4 is 23.7 Å². The van der Waals surface area contributed by atoms with Crippen LogP contribution in [-0.4, -0.2) is 113 Å². The second-order valence-electron chi connectivity index (χ2n) is 14.9. The lowest BCUT2D eigenvalue weighted by atomic mass is 9.95. The monoisotopic (exact) mass is 879 g/mol. The molecule has 0 aromatic heterocycles. The lowest BCUT2D eigenvalue weighted by Gasteiger charge is -2.49. The standard InChI is InChI=1S/C46H61N3O12S/c1-6-9-26-54-30-35-37(57-29-31-22-24-33(52-4)25-23-31)38(55-27-10-7-2)36(48-49-47)45(58-35)60-40-39(56-28-11-8-3)42(59-43(50)32-18-14-12-15-19-32)46(61-41(40)44(51)53-5)62-34-20-16-13-17-21-34/h12-25,35-42,45-46H,6-11,26-30H2,1-5H3/t35?,36?,37-,38?,39?,40+,41-,42?,45-,46-/m1/s1. The van der Waals surface area contributed by atoms with Gasteiger partial charge < -0.3 is 47.4 Å². The summed E-state index contributed by atoms with van der Waals surface area (Å²) in [6.45, 7) is 7.44. The Morgan fingerprint density at radius 1 is 0.742 bits per heavy atom. The van der Waals surface area contributed by atoms with Crippen molar-refractivity contribution in [2.24, 2.45) is 5.11 Å². The van der Waals surface area contributed by atoms with Gasteiger partial charge in [0.15, 0.2) is 18.5 Å². The highest BCUT2D eigenvalue weighted by atomic mass is 32.2. The highest BCUT2D eigenvalue weighted by molar-refractivity contribution is 7.99. The van der Waals surface area contributed by atoms with Gasteiger partial charge in [-0.25, -0.2) is 9.59 Å². The zero-order valence-corrected chi connectivity index (χ0v) is 37.1. The third-order valence-corrected chi connectivity index (χ3v) is 11.6. The molecule has 62 heavy (non-hydrogen) atoms. The third kappa shape index (κ3) is 13.9. The van der Waals surface area contributed by atoms with Crippen molar-refractivity contribution in [2.45, 2.75) is 131 Å². The number of benzene rings is 3. The van der Waals surface area contributed by atoms with Crippen molar-refractivity contribution in [1.82, 2.24) is 0 Å². The Balaban J connectivity index is 1.56. The average molecular weight is 880 g/mol. The first-order chi connectivity index (χ1) is 30.3. The number of ether oxygens (including phenoxy) is 10. The Hall–Kier alpha value is -4.22. The van der Waals surface area contributed by atoms with Gasteiger partial charge in [-0.15, -0.1) is 0 Å². The number of carbonyl (C=O) groups is 2. The quantitative estimate of drug-likeness (QED) is 0.0261. The largest absolute Gasteiger partial charge is 0.497 e. The highest BCUT2D eigenvalue weighted by Crippen LogP contribution is 2.40. The molecule has 0 radical (unpaired) electrons. The Kier molecular flexibility index (Phi) is 20.8. The number of nitrogens with zero attached hydrogens (tertiary/aromatic N) is 3.